The van der Waals surface area contributed by atoms with Crippen molar-refractivity contribution in [1.29, 1.82) is 0 Å². The van der Waals surface area contributed by atoms with E-state index in [0.29, 0.717) is 23.3 Å². The minimum Gasteiger partial charge on any atom is -0.420 e. The van der Waals surface area contributed by atoms with Crippen LogP contribution >= 0.6 is 15.9 Å². The molecule has 0 unspecified atom stereocenters. The zero-order chi connectivity index (χ0) is 19.7. The number of hydrogen-bond acceptors (Lipinski definition) is 5. The van der Waals surface area contributed by atoms with Crippen LogP contribution in [-0.4, -0.2) is 25.9 Å². The molecule has 4 rings (SSSR count). The summed E-state index contributed by atoms with van der Waals surface area (Å²) in [4.78, 5) is 16.5. The van der Waals surface area contributed by atoms with Gasteiger partial charge in [-0.1, -0.05) is 24.3 Å². The third kappa shape index (κ3) is 3.41. The van der Waals surface area contributed by atoms with Gasteiger partial charge in [0.2, 0.25) is 0 Å². The molecule has 2 aromatic carbocycles. The number of benzene rings is 2. The lowest BCUT2D eigenvalue weighted by Crippen LogP contribution is -2.29. The monoisotopic (exact) mass is 458 g/mol. The van der Waals surface area contributed by atoms with Gasteiger partial charge in [-0.15, -0.1) is 0 Å². The Bertz CT molecular complexity index is 1160. The van der Waals surface area contributed by atoms with E-state index in [9.17, 15) is 13.2 Å². The first-order valence-electron chi connectivity index (χ1n) is 8.50. The molecule has 0 radical (unpaired) electrons. The van der Waals surface area contributed by atoms with Crippen LogP contribution in [0.3, 0.4) is 0 Å². The Kier molecular flexibility index (Phi) is 4.91. The number of sulfonamides is 1. The van der Waals surface area contributed by atoms with Crippen LogP contribution in [0.5, 0.6) is 5.75 Å². The Balaban J connectivity index is 1.64. The number of fused-ring (bicyclic) bond motifs is 1. The lowest BCUT2D eigenvalue weighted by molar-refractivity contribution is 0.0732. The van der Waals surface area contributed by atoms with Gasteiger partial charge in [-0.05, 0) is 64.3 Å². The zero-order valence-electron chi connectivity index (χ0n) is 14.6. The second-order valence-corrected chi connectivity index (χ2v) is 8.78. The van der Waals surface area contributed by atoms with Crippen LogP contribution < -0.4 is 9.04 Å². The van der Waals surface area contributed by atoms with E-state index >= 15 is 0 Å². The highest BCUT2D eigenvalue weighted by Gasteiger charge is 2.31. The molecule has 0 saturated heterocycles. The Morgan fingerprint density at radius 2 is 1.89 bits per heavy atom. The minimum absolute atomic E-state index is 0.0453. The molecule has 0 bridgehead atoms. The lowest BCUT2D eigenvalue weighted by Gasteiger charge is -2.19. The molecule has 1 aliphatic rings. The summed E-state index contributed by atoms with van der Waals surface area (Å²) in [7, 11) is -3.79. The average molecular weight is 459 g/mol. The topological polar surface area (TPSA) is 76.6 Å². The number of halogens is 1. The molecule has 2 heterocycles. The molecule has 0 fully saturated rings. The fourth-order valence-corrected chi connectivity index (χ4v) is 4.96. The predicted molar refractivity (Wildman–Crippen MR) is 108 cm³/mol. The van der Waals surface area contributed by atoms with Gasteiger partial charge in [0.25, 0.3) is 10.0 Å². The van der Waals surface area contributed by atoms with Gasteiger partial charge >= 0.3 is 5.97 Å². The number of carbonyl (C=O) groups is 1. The number of aromatic nitrogens is 1. The molecule has 0 saturated carbocycles. The number of hydrogen-bond donors (Lipinski definition) is 0. The third-order valence-electron chi connectivity index (χ3n) is 4.43. The summed E-state index contributed by atoms with van der Waals surface area (Å²) in [6, 6.07) is 16.5. The molecule has 3 aromatic rings. The molecule has 0 spiro atoms. The van der Waals surface area contributed by atoms with Gasteiger partial charge < -0.3 is 4.74 Å². The number of pyridine rings is 1. The summed E-state index contributed by atoms with van der Waals surface area (Å²) in [5.41, 5.74) is 1.81. The van der Waals surface area contributed by atoms with Crippen molar-refractivity contribution in [3.05, 3.63) is 82.6 Å². The van der Waals surface area contributed by atoms with Gasteiger partial charge in [0.1, 0.15) is 4.60 Å². The molecule has 142 valence electrons. The molecule has 1 aliphatic heterocycles. The van der Waals surface area contributed by atoms with Crippen LogP contribution in [0.15, 0.2) is 76.4 Å². The van der Waals surface area contributed by atoms with Crippen molar-refractivity contribution in [2.75, 3.05) is 10.8 Å². The highest BCUT2D eigenvalue weighted by Crippen LogP contribution is 2.33. The summed E-state index contributed by atoms with van der Waals surface area (Å²) in [6.07, 6.45) is 2.22. The van der Waals surface area contributed by atoms with Gasteiger partial charge in [-0.25, -0.2) is 18.2 Å². The van der Waals surface area contributed by atoms with Crippen molar-refractivity contribution in [1.82, 2.24) is 4.98 Å². The molecule has 0 amide bonds. The van der Waals surface area contributed by atoms with E-state index < -0.39 is 16.0 Å². The number of anilines is 1. The highest BCUT2D eigenvalue weighted by molar-refractivity contribution is 9.10. The van der Waals surface area contributed by atoms with Crippen LogP contribution in [-0.2, 0) is 16.4 Å². The normalized spacial score (nSPS) is 13.2. The van der Waals surface area contributed by atoms with Crippen LogP contribution in [0, 0.1) is 0 Å². The number of carbonyl (C=O) groups excluding carboxylic acids is 1. The number of para-hydroxylation sites is 1. The van der Waals surface area contributed by atoms with Gasteiger partial charge in [-0.3, -0.25) is 4.31 Å². The first kappa shape index (κ1) is 18.6. The molecule has 28 heavy (non-hydrogen) atoms. The second-order valence-electron chi connectivity index (χ2n) is 6.17. The molecule has 8 heteroatoms. The Labute approximate surface area is 171 Å². The van der Waals surface area contributed by atoms with E-state index in [1.54, 1.807) is 24.4 Å². The predicted octanol–water partition coefficient (Wildman–Crippen LogP) is 3.81. The summed E-state index contributed by atoms with van der Waals surface area (Å²) < 4.78 is 33.4. The van der Waals surface area contributed by atoms with E-state index in [1.807, 2.05) is 18.2 Å². The number of esters is 1. The van der Waals surface area contributed by atoms with Crippen molar-refractivity contribution in [3.63, 3.8) is 0 Å². The zero-order valence-corrected chi connectivity index (χ0v) is 17.0. The van der Waals surface area contributed by atoms with E-state index in [4.69, 9.17) is 4.74 Å². The molecule has 6 nitrogen and oxygen atoms in total. The first-order valence-corrected chi connectivity index (χ1v) is 10.7. The highest BCUT2D eigenvalue weighted by atomic mass is 79.9. The quantitative estimate of drug-likeness (QED) is 0.438. The van der Waals surface area contributed by atoms with E-state index in [0.717, 1.165) is 5.56 Å². The molecular formula is C20H15BrN2O4S. The van der Waals surface area contributed by atoms with Crippen LogP contribution in [0.2, 0.25) is 0 Å². The lowest BCUT2D eigenvalue weighted by atomic mass is 10.2. The number of nitrogens with zero attached hydrogens (tertiary/aromatic N) is 2. The Hall–Kier alpha value is -2.71. The van der Waals surface area contributed by atoms with E-state index in [2.05, 4.69) is 20.9 Å². The standard InChI is InChI=1S/C20H15BrN2O4S/c21-19-18(9-4-11-22-19)27-20(24)15-6-3-7-16(13-15)28(25,26)23-12-10-14-5-1-2-8-17(14)23/h1-9,11,13H,10,12H2. The first-order chi connectivity index (χ1) is 13.5. The number of ether oxygens (including phenoxy) is 1. The van der Waals surface area contributed by atoms with Gasteiger partial charge in [0, 0.05) is 12.7 Å². The number of rotatable bonds is 4. The van der Waals surface area contributed by atoms with E-state index in [1.165, 1.54) is 28.6 Å². The van der Waals surface area contributed by atoms with Gasteiger partial charge in [0.15, 0.2) is 5.75 Å². The SMILES string of the molecule is O=C(Oc1cccnc1Br)c1cccc(S(=O)(=O)N2CCc3ccccc32)c1. The molecule has 0 aliphatic carbocycles. The summed E-state index contributed by atoms with van der Waals surface area (Å²) in [5.74, 6) is -0.401. The molecule has 1 aromatic heterocycles. The Morgan fingerprint density at radius 3 is 2.71 bits per heavy atom. The molecular weight excluding hydrogens is 444 g/mol. The van der Waals surface area contributed by atoms with Crippen molar-refractivity contribution in [2.24, 2.45) is 0 Å². The summed E-state index contributed by atoms with van der Waals surface area (Å²) in [5, 5.41) is 0. The Morgan fingerprint density at radius 1 is 1.07 bits per heavy atom. The van der Waals surface area contributed by atoms with Crippen molar-refractivity contribution < 1.29 is 17.9 Å². The summed E-state index contributed by atoms with van der Waals surface area (Å²) in [6.45, 7) is 0.374. The van der Waals surface area contributed by atoms with Crippen LogP contribution in [0.1, 0.15) is 15.9 Å². The maximum absolute atomic E-state index is 13.1. The fraction of sp³-hybridized carbons (Fsp3) is 0.100. The van der Waals surface area contributed by atoms with Crippen molar-refractivity contribution in [3.8, 4) is 5.75 Å². The maximum Gasteiger partial charge on any atom is 0.343 e. The minimum atomic E-state index is -3.79. The van der Waals surface area contributed by atoms with Gasteiger partial charge in [-0.2, -0.15) is 0 Å². The van der Waals surface area contributed by atoms with Crippen molar-refractivity contribution in [2.45, 2.75) is 11.3 Å². The van der Waals surface area contributed by atoms with Crippen LogP contribution in [0.4, 0.5) is 5.69 Å². The smallest absolute Gasteiger partial charge is 0.343 e. The van der Waals surface area contributed by atoms with Crippen LogP contribution in [0.25, 0.3) is 0 Å². The largest absolute Gasteiger partial charge is 0.420 e. The van der Waals surface area contributed by atoms with Crippen molar-refractivity contribution >= 4 is 37.6 Å². The summed E-state index contributed by atoms with van der Waals surface area (Å²) >= 11 is 3.21. The molecule has 0 atom stereocenters. The average Bonchev–Trinajstić information content (AvgIpc) is 3.15. The maximum atomic E-state index is 13.1. The molecule has 0 N–H and O–H groups in total. The second kappa shape index (κ2) is 7.37. The van der Waals surface area contributed by atoms with E-state index in [-0.39, 0.29) is 16.2 Å². The third-order valence-corrected chi connectivity index (χ3v) is 6.83. The fourth-order valence-electron chi connectivity index (χ4n) is 3.07. The van der Waals surface area contributed by atoms with Gasteiger partial charge in [0.05, 0.1) is 16.1 Å².